The van der Waals surface area contributed by atoms with E-state index in [0.717, 1.165) is 90.4 Å². The molecule has 1 fully saturated rings. The second kappa shape index (κ2) is 11.2. The lowest BCUT2D eigenvalue weighted by molar-refractivity contribution is -0.890. The molecular weight excluding hydrogens is 590 g/mol. The zero-order chi connectivity index (χ0) is 31.6. The van der Waals surface area contributed by atoms with Crippen molar-refractivity contribution in [2.45, 2.75) is 46.3 Å². The lowest BCUT2D eigenvalue weighted by Crippen LogP contribution is -2.55. The number of anilines is 1. The maximum atomic E-state index is 13.1. The summed E-state index contributed by atoms with van der Waals surface area (Å²) in [5.74, 6) is 1.01. The molecule has 3 aromatic carbocycles. The molecule has 1 atom stereocenters. The maximum absolute atomic E-state index is 13.1. The van der Waals surface area contributed by atoms with E-state index in [1.54, 1.807) is 18.3 Å². The third-order valence-electron chi connectivity index (χ3n) is 8.49. The van der Waals surface area contributed by atoms with Crippen LogP contribution in [0.5, 0.6) is 0 Å². The van der Waals surface area contributed by atoms with Crippen molar-refractivity contribution in [3.8, 4) is 21.7 Å². The van der Waals surface area contributed by atoms with Crippen LogP contribution < -0.4 is 4.90 Å². The summed E-state index contributed by atoms with van der Waals surface area (Å²) in [6.07, 6.45) is -0.710. The smallest absolute Gasteiger partial charge is 0.163 e. The van der Waals surface area contributed by atoms with Crippen LogP contribution in [0.15, 0.2) is 48.5 Å². The summed E-state index contributed by atoms with van der Waals surface area (Å²) < 4.78 is 10.5. The van der Waals surface area contributed by atoms with Gasteiger partial charge in [-0.1, -0.05) is 23.7 Å². The highest BCUT2D eigenvalue weighted by molar-refractivity contribution is 7.22. The summed E-state index contributed by atoms with van der Waals surface area (Å²) in [6.45, 7) is 13.7. The molecular formula is C35H41ClN5O2S+. The molecule has 7 nitrogen and oxygen atoms in total. The number of piperazine rings is 1. The van der Waals surface area contributed by atoms with Gasteiger partial charge in [0.2, 0.25) is 0 Å². The molecule has 0 aliphatic carbocycles. The van der Waals surface area contributed by atoms with Crippen molar-refractivity contribution < 1.29 is 14.0 Å². The molecule has 1 aliphatic rings. The number of aromatic nitrogens is 3. The molecule has 0 amide bonds. The topological polar surface area (TPSA) is 60.2 Å². The van der Waals surface area contributed by atoms with Gasteiger partial charge in [-0.05, 0) is 82.1 Å². The lowest BCUT2D eigenvalue weighted by atomic mass is 9.90. The largest absolute Gasteiger partial charge is 0.360 e. The van der Waals surface area contributed by atoms with Crippen molar-refractivity contribution in [1.29, 1.82) is 0 Å². The van der Waals surface area contributed by atoms with Gasteiger partial charge in [0, 0.05) is 34.1 Å². The average molecular weight is 631 g/mol. The average Bonchev–Trinajstić information content (AvgIpc) is 3.52. The third kappa shape index (κ3) is 5.88. The van der Waals surface area contributed by atoms with Gasteiger partial charge in [-0.25, -0.2) is 4.98 Å². The van der Waals surface area contributed by atoms with Gasteiger partial charge in [0.05, 0.1) is 61.6 Å². The Morgan fingerprint density at radius 1 is 1.05 bits per heavy atom. The van der Waals surface area contributed by atoms with Crippen LogP contribution >= 0.6 is 22.9 Å². The number of thiazole rings is 1. The number of hydrogen-bond donors (Lipinski definition) is 0. The van der Waals surface area contributed by atoms with Gasteiger partial charge in [0.15, 0.2) is 11.6 Å². The molecule has 5 aromatic rings. The first-order chi connectivity index (χ1) is 20.7. The molecule has 0 saturated carbocycles. The number of quaternary nitrogens is 1. The second-order valence-corrected chi connectivity index (χ2v) is 15.1. The number of fused-ring (bicyclic) bond motifs is 2. The van der Waals surface area contributed by atoms with Gasteiger partial charge in [-0.3, -0.25) is 9.48 Å². The molecule has 44 heavy (non-hydrogen) atoms. The Labute approximate surface area is 268 Å². The molecule has 6 rings (SSSR count). The second-order valence-electron chi connectivity index (χ2n) is 13.6. The van der Waals surface area contributed by atoms with Gasteiger partial charge in [0.25, 0.3) is 0 Å². The quantitative estimate of drug-likeness (QED) is 0.179. The number of Topliss-reactive ketones (excluding diaryl/α,β-unsaturated/α-hetero) is 1. The number of halogens is 1. The molecule has 3 heterocycles. The molecule has 0 bridgehead atoms. The SMILES string of the molecule is CC(=O)[C@@H](OC(C)(C)C)c1c(C)cc2nc(-c3ccc4c(c3)c(N3CC[N+](C)(C)CC3)nn4C)sc2c1-c1ccc(Cl)cc1. The summed E-state index contributed by atoms with van der Waals surface area (Å²) in [7, 11) is 6.59. The molecule has 2 aromatic heterocycles. The van der Waals surface area contributed by atoms with Gasteiger partial charge in [-0.2, -0.15) is 5.10 Å². The number of likely N-dealkylation sites (N-methyl/N-ethyl adjacent to an activating group) is 1. The molecule has 230 valence electrons. The van der Waals surface area contributed by atoms with Gasteiger partial charge in [0.1, 0.15) is 11.1 Å². The minimum Gasteiger partial charge on any atom is -0.360 e. The first-order valence-corrected chi connectivity index (χ1v) is 16.3. The van der Waals surface area contributed by atoms with E-state index in [1.807, 2.05) is 63.7 Å². The first kappa shape index (κ1) is 30.7. The van der Waals surface area contributed by atoms with Crippen molar-refractivity contribution in [3.05, 3.63) is 64.7 Å². The Kier molecular flexibility index (Phi) is 7.85. The normalized spacial score (nSPS) is 16.2. The third-order valence-corrected chi connectivity index (χ3v) is 9.88. The van der Waals surface area contributed by atoms with E-state index in [9.17, 15) is 4.79 Å². The van der Waals surface area contributed by atoms with E-state index in [1.165, 1.54) is 0 Å². The Bertz CT molecular complexity index is 1870. The van der Waals surface area contributed by atoms with Crippen LogP contribution in [0.4, 0.5) is 5.82 Å². The summed E-state index contributed by atoms with van der Waals surface area (Å²) in [5, 5.41) is 7.68. The molecule has 0 radical (unpaired) electrons. The van der Waals surface area contributed by atoms with Crippen molar-refractivity contribution in [1.82, 2.24) is 14.8 Å². The van der Waals surface area contributed by atoms with E-state index in [-0.39, 0.29) is 5.78 Å². The Morgan fingerprint density at radius 3 is 2.34 bits per heavy atom. The standard InChI is InChI=1S/C35H41ClN5O2S/c1-21-19-27-32(30(23-9-12-25(36)13-10-23)29(21)31(22(2)42)43-35(3,4)5)44-34(37-27)24-11-14-28-26(20-24)33(38-39(28)6)40-15-17-41(7,8)18-16-40/h9-14,19-20,31H,15-18H2,1-8H3/q+1/t31-/m1/s1. The number of ketones is 1. The summed E-state index contributed by atoms with van der Waals surface area (Å²) >= 11 is 7.95. The van der Waals surface area contributed by atoms with E-state index < -0.39 is 11.7 Å². The van der Waals surface area contributed by atoms with Crippen LogP contribution in [0, 0.1) is 6.92 Å². The van der Waals surface area contributed by atoms with Crippen LogP contribution in [0.3, 0.4) is 0 Å². The van der Waals surface area contributed by atoms with Crippen LogP contribution in [0.25, 0.3) is 42.8 Å². The number of carbonyl (C=O) groups is 1. The number of ether oxygens (including phenoxy) is 1. The van der Waals surface area contributed by atoms with Crippen LogP contribution in [0.1, 0.15) is 44.9 Å². The number of carbonyl (C=O) groups excluding carboxylic acids is 1. The zero-order valence-corrected chi connectivity index (χ0v) is 28.4. The Morgan fingerprint density at radius 2 is 1.70 bits per heavy atom. The molecule has 1 aliphatic heterocycles. The van der Waals surface area contributed by atoms with E-state index in [0.29, 0.717) is 5.02 Å². The number of aryl methyl sites for hydroxylation is 2. The Hall–Kier alpha value is -3.30. The van der Waals surface area contributed by atoms with E-state index in [4.69, 9.17) is 26.4 Å². The fourth-order valence-corrected chi connectivity index (χ4v) is 7.35. The molecule has 0 spiro atoms. The summed E-state index contributed by atoms with van der Waals surface area (Å²) in [6, 6.07) is 16.4. The Balaban J connectivity index is 1.52. The number of benzene rings is 3. The summed E-state index contributed by atoms with van der Waals surface area (Å²) in [4.78, 5) is 20.7. The van der Waals surface area contributed by atoms with Crippen LogP contribution in [0.2, 0.25) is 5.02 Å². The fourth-order valence-electron chi connectivity index (χ4n) is 6.11. The highest BCUT2D eigenvalue weighted by Gasteiger charge is 2.31. The van der Waals surface area contributed by atoms with E-state index >= 15 is 0 Å². The van der Waals surface area contributed by atoms with Gasteiger partial charge in [-0.15, -0.1) is 11.3 Å². The van der Waals surface area contributed by atoms with Crippen molar-refractivity contribution in [3.63, 3.8) is 0 Å². The van der Waals surface area contributed by atoms with Crippen LogP contribution in [-0.2, 0) is 16.6 Å². The minimum absolute atomic E-state index is 0.0308. The predicted octanol–water partition coefficient (Wildman–Crippen LogP) is 7.82. The molecule has 1 saturated heterocycles. The van der Waals surface area contributed by atoms with Gasteiger partial charge < -0.3 is 14.1 Å². The van der Waals surface area contributed by atoms with E-state index in [2.05, 4.69) is 43.3 Å². The maximum Gasteiger partial charge on any atom is 0.163 e. The molecule has 9 heteroatoms. The lowest BCUT2D eigenvalue weighted by Gasteiger charge is -2.39. The van der Waals surface area contributed by atoms with Gasteiger partial charge >= 0.3 is 0 Å². The summed E-state index contributed by atoms with van der Waals surface area (Å²) in [5.41, 5.74) is 6.36. The molecule has 0 unspecified atom stereocenters. The zero-order valence-electron chi connectivity index (χ0n) is 26.9. The van der Waals surface area contributed by atoms with Crippen molar-refractivity contribution in [2.24, 2.45) is 7.05 Å². The highest BCUT2D eigenvalue weighted by Crippen LogP contribution is 2.45. The molecule has 0 N–H and O–H groups in total. The first-order valence-electron chi connectivity index (χ1n) is 15.1. The van der Waals surface area contributed by atoms with Crippen molar-refractivity contribution >= 4 is 55.7 Å². The predicted molar refractivity (Wildman–Crippen MR) is 183 cm³/mol. The minimum atomic E-state index is -0.710. The highest BCUT2D eigenvalue weighted by atomic mass is 35.5. The van der Waals surface area contributed by atoms with Crippen molar-refractivity contribution in [2.75, 3.05) is 45.2 Å². The number of hydrogen-bond acceptors (Lipinski definition) is 6. The fraction of sp³-hybridized carbons (Fsp3) is 0.400. The number of rotatable bonds is 6. The monoisotopic (exact) mass is 630 g/mol. The van der Waals surface area contributed by atoms with Crippen LogP contribution in [-0.4, -0.2) is 70.9 Å². The number of nitrogens with zero attached hydrogens (tertiary/aromatic N) is 5.